The van der Waals surface area contributed by atoms with Crippen molar-refractivity contribution in [2.75, 3.05) is 19.0 Å². The maximum atomic E-state index is 12.8. The fourth-order valence-electron chi connectivity index (χ4n) is 1.68. The van der Waals surface area contributed by atoms with Crippen molar-refractivity contribution >= 4 is 5.82 Å². The van der Waals surface area contributed by atoms with E-state index in [2.05, 4.69) is 4.98 Å². The molecule has 1 aliphatic rings. The average molecular weight is 230 g/mol. The minimum Gasteiger partial charge on any atom is -0.362 e. The number of rotatable bonds is 2. The molecule has 1 aliphatic carbocycles. The summed E-state index contributed by atoms with van der Waals surface area (Å²) in [6.45, 7) is 0. The molecule has 0 radical (unpaired) electrons. The van der Waals surface area contributed by atoms with Gasteiger partial charge in [-0.3, -0.25) is 0 Å². The normalized spacial score (nSPS) is 16.3. The van der Waals surface area contributed by atoms with Crippen molar-refractivity contribution in [2.45, 2.75) is 24.9 Å². The van der Waals surface area contributed by atoms with E-state index in [1.54, 1.807) is 20.3 Å². The van der Waals surface area contributed by atoms with Gasteiger partial charge in [0.05, 0.1) is 5.56 Å². The first-order valence-corrected chi connectivity index (χ1v) is 5.14. The molecule has 88 valence electrons. The summed E-state index contributed by atoms with van der Waals surface area (Å²) >= 11 is 0. The summed E-state index contributed by atoms with van der Waals surface area (Å²) in [6.07, 6.45) is -0.833. The van der Waals surface area contributed by atoms with Gasteiger partial charge in [-0.2, -0.15) is 13.2 Å². The predicted octanol–water partition coefficient (Wildman–Crippen LogP) is 3.04. The molecule has 1 heterocycles. The zero-order valence-corrected chi connectivity index (χ0v) is 9.17. The molecular formula is C11H13F3N2. The van der Waals surface area contributed by atoms with Crippen LogP contribution < -0.4 is 4.90 Å². The first kappa shape index (κ1) is 11.2. The van der Waals surface area contributed by atoms with E-state index >= 15 is 0 Å². The Morgan fingerprint density at radius 3 is 2.38 bits per heavy atom. The summed E-state index contributed by atoms with van der Waals surface area (Å²) in [7, 11) is 3.13. The topological polar surface area (TPSA) is 16.1 Å². The molecule has 0 bridgehead atoms. The van der Waals surface area contributed by atoms with E-state index in [4.69, 9.17) is 0 Å². The minimum absolute atomic E-state index is 0.0168. The summed E-state index contributed by atoms with van der Waals surface area (Å²) in [5.74, 6) is 0.265. The third-order valence-corrected chi connectivity index (χ3v) is 2.67. The Balaban J connectivity index is 2.46. The van der Waals surface area contributed by atoms with Gasteiger partial charge in [-0.25, -0.2) is 4.98 Å². The number of alkyl halides is 3. The van der Waals surface area contributed by atoms with Gasteiger partial charge in [0.2, 0.25) is 0 Å². The summed E-state index contributed by atoms with van der Waals surface area (Å²) in [5.41, 5.74) is 0.0693. The van der Waals surface area contributed by atoms with Crippen LogP contribution in [0, 0.1) is 0 Å². The van der Waals surface area contributed by atoms with Crippen molar-refractivity contribution in [1.29, 1.82) is 0 Å². The molecule has 5 heteroatoms. The van der Waals surface area contributed by atoms with Crippen molar-refractivity contribution in [3.05, 3.63) is 23.4 Å². The highest BCUT2D eigenvalue weighted by atomic mass is 19.4. The molecule has 0 unspecified atom stereocenters. The zero-order chi connectivity index (χ0) is 11.9. The lowest BCUT2D eigenvalue weighted by atomic mass is 10.1. The van der Waals surface area contributed by atoms with E-state index < -0.39 is 11.7 Å². The van der Waals surface area contributed by atoms with E-state index in [9.17, 15) is 13.2 Å². The van der Waals surface area contributed by atoms with E-state index in [0.29, 0.717) is 5.56 Å². The Labute approximate surface area is 92.1 Å². The molecule has 1 saturated carbocycles. The van der Waals surface area contributed by atoms with Gasteiger partial charge in [0.25, 0.3) is 0 Å². The number of aromatic nitrogens is 1. The summed E-state index contributed by atoms with van der Waals surface area (Å²) in [4.78, 5) is 5.30. The Morgan fingerprint density at radius 1 is 1.31 bits per heavy atom. The number of hydrogen-bond acceptors (Lipinski definition) is 2. The highest BCUT2D eigenvalue weighted by Crippen LogP contribution is 2.43. The molecule has 1 aromatic heterocycles. The maximum absolute atomic E-state index is 12.8. The van der Waals surface area contributed by atoms with E-state index in [1.165, 1.54) is 11.0 Å². The van der Waals surface area contributed by atoms with E-state index in [0.717, 1.165) is 12.8 Å². The van der Waals surface area contributed by atoms with E-state index in [1.807, 2.05) is 0 Å². The molecule has 0 amide bonds. The smallest absolute Gasteiger partial charge is 0.362 e. The van der Waals surface area contributed by atoms with Crippen LogP contribution in [0.15, 0.2) is 12.3 Å². The Bertz CT molecular complexity index is 395. The fraction of sp³-hybridized carbons (Fsp3) is 0.545. The number of anilines is 1. The van der Waals surface area contributed by atoms with Crippen LogP contribution in [0.3, 0.4) is 0 Å². The highest BCUT2D eigenvalue weighted by Gasteiger charge is 2.36. The molecule has 2 nitrogen and oxygen atoms in total. The lowest BCUT2D eigenvalue weighted by Gasteiger charge is -2.18. The molecule has 16 heavy (non-hydrogen) atoms. The summed E-state index contributed by atoms with van der Waals surface area (Å²) in [6, 6.07) is 1.24. The molecule has 0 saturated heterocycles. The molecule has 0 aliphatic heterocycles. The maximum Gasteiger partial charge on any atom is 0.419 e. The van der Waals surface area contributed by atoms with Crippen molar-refractivity contribution in [3.63, 3.8) is 0 Å². The van der Waals surface area contributed by atoms with Gasteiger partial charge in [0.15, 0.2) is 0 Å². The lowest BCUT2D eigenvalue weighted by molar-refractivity contribution is -0.137. The molecule has 1 fully saturated rings. The van der Waals surface area contributed by atoms with Gasteiger partial charge in [-0.15, -0.1) is 0 Å². The number of nitrogens with zero attached hydrogens (tertiary/aromatic N) is 2. The molecule has 0 N–H and O–H groups in total. The Kier molecular flexibility index (Phi) is 2.56. The largest absolute Gasteiger partial charge is 0.419 e. The number of halogens is 3. The van der Waals surface area contributed by atoms with Crippen LogP contribution in [-0.2, 0) is 6.18 Å². The van der Waals surface area contributed by atoms with Crippen LogP contribution in [0.2, 0.25) is 0 Å². The van der Waals surface area contributed by atoms with Crippen LogP contribution in [0.4, 0.5) is 19.0 Å². The van der Waals surface area contributed by atoms with Gasteiger partial charge < -0.3 is 4.90 Å². The number of pyridine rings is 1. The molecule has 0 spiro atoms. The third kappa shape index (κ3) is 2.13. The molecule has 2 rings (SSSR count). The second kappa shape index (κ2) is 3.64. The Morgan fingerprint density at radius 2 is 1.94 bits per heavy atom. The standard InChI is InChI=1S/C11H13F3N2/c1-16(2)10-9(11(12,13)14)5-8(6-15-10)7-3-4-7/h5-7H,3-4H2,1-2H3. The van der Waals surface area contributed by atoms with Crippen molar-refractivity contribution < 1.29 is 13.2 Å². The average Bonchev–Trinajstić information content (AvgIpc) is 2.98. The molecule has 0 aromatic carbocycles. The monoisotopic (exact) mass is 230 g/mol. The summed E-state index contributed by atoms with van der Waals surface area (Å²) < 4.78 is 38.4. The quantitative estimate of drug-likeness (QED) is 0.776. The van der Waals surface area contributed by atoms with Crippen LogP contribution in [0.5, 0.6) is 0 Å². The summed E-state index contributed by atoms with van der Waals surface area (Å²) in [5, 5.41) is 0. The second-order valence-electron chi connectivity index (χ2n) is 4.31. The van der Waals surface area contributed by atoms with E-state index in [-0.39, 0.29) is 11.7 Å². The second-order valence-corrected chi connectivity index (χ2v) is 4.31. The van der Waals surface area contributed by atoms with Crippen LogP contribution in [0.1, 0.15) is 29.9 Å². The highest BCUT2D eigenvalue weighted by molar-refractivity contribution is 5.49. The van der Waals surface area contributed by atoms with Crippen LogP contribution in [-0.4, -0.2) is 19.1 Å². The third-order valence-electron chi connectivity index (χ3n) is 2.67. The molecule has 0 atom stereocenters. The van der Waals surface area contributed by atoms with Gasteiger partial charge >= 0.3 is 6.18 Å². The Hall–Kier alpha value is -1.26. The first-order chi connectivity index (χ1) is 7.39. The molecular weight excluding hydrogens is 217 g/mol. The van der Waals surface area contributed by atoms with Gasteiger partial charge in [0, 0.05) is 20.3 Å². The predicted molar refractivity (Wildman–Crippen MR) is 55.5 cm³/mol. The lowest BCUT2D eigenvalue weighted by Crippen LogP contribution is -2.18. The number of hydrogen-bond donors (Lipinski definition) is 0. The van der Waals surface area contributed by atoms with Crippen molar-refractivity contribution in [3.8, 4) is 0 Å². The van der Waals surface area contributed by atoms with Gasteiger partial charge in [0.1, 0.15) is 5.82 Å². The van der Waals surface area contributed by atoms with Gasteiger partial charge in [-0.05, 0) is 30.4 Å². The minimum atomic E-state index is -4.34. The van der Waals surface area contributed by atoms with Crippen molar-refractivity contribution in [2.24, 2.45) is 0 Å². The van der Waals surface area contributed by atoms with Crippen LogP contribution >= 0.6 is 0 Å². The fourth-order valence-corrected chi connectivity index (χ4v) is 1.68. The molecule has 1 aromatic rings. The first-order valence-electron chi connectivity index (χ1n) is 5.14. The zero-order valence-electron chi connectivity index (χ0n) is 9.17. The SMILES string of the molecule is CN(C)c1ncc(C2CC2)cc1C(F)(F)F. The van der Waals surface area contributed by atoms with Crippen LogP contribution in [0.25, 0.3) is 0 Å². The van der Waals surface area contributed by atoms with Crippen molar-refractivity contribution in [1.82, 2.24) is 4.98 Å². The van der Waals surface area contributed by atoms with Gasteiger partial charge in [-0.1, -0.05) is 0 Å².